The lowest BCUT2D eigenvalue weighted by Crippen LogP contribution is -2.10. The normalized spacial score (nSPS) is 9.89. The lowest BCUT2D eigenvalue weighted by atomic mass is 10.2. The molecule has 0 bridgehead atoms. The first kappa shape index (κ1) is 14.2. The molecule has 0 aromatic heterocycles. The molecule has 1 aromatic carbocycles. The number of esters is 2. The van der Waals surface area contributed by atoms with Crippen molar-refractivity contribution in [2.45, 2.75) is 39.5 Å². The van der Waals surface area contributed by atoms with E-state index in [-0.39, 0.29) is 17.5 Å². The second-order valence-corrected chi connectivity index (χ2v) is 3.97. The van der Waals surface area contributed by atoms with Gasteiger partial charge in [-0.3, -0.25) is 9.59 Å². The van der Waals surface area contributed by atoms with Gasteiger partial charge in [-0.2, -0.15) is 0 Å². The Labute approximate surface area is 107 Å². The van der Waals surface area contributed by atoms with Crippen LogP contribution in [0, 0.1) is 0 Å². The van der Waals surface area contributed by atoms with Gasteiger partial charge in [0.2, 0.25) is 0 Å². The van der Waals surface area contributed by atoms with E-state index < -0.39 is 5.97 Å². The van der Waals surface area contributed by atoms with Gasteiger partial charge in [0.1, 0.15) is 0 Å². The van der Waals surface area contributed by atoms with Crippen LogP contribution in [0.5, 0.6) is 11.5 Å². The first-order chi connectivity index (χ1) is 8.63. The molecule has 0 radical (unpaired) electrons. The van der Waals surface area contributed by atoms with Gasteiger partial charge in [-0.15, -0.1) is 0 Å². The average Bonchev–Trinajstić information content (AvgIpc) is 2.31. The molecule has 0 fully saturated rings. The third-order valence-corrected chi connectivity index (χ3v) is 2.31. The van der Waals surface area contributed by atoms with E-state index in [2.05, 4.69) is 6.92 Å². The minimum atomic E-state index is -0.440. The molecule has 18 heavy (non-hydrogen) atoms. The van der Waals surface area contributed by atoms with E-state index in [1.54, 1.807) is 24.3 Å². The topological polar surface area (TPSA) is 52.6 Å². The Morgan fingerprint density at radius 3 is 2.22 bits per heavy atom. The maximum atomic E-state index is 11.6. The maximum absolute atomic E-state index is 11.6. The standard InChI is InChI=1S/C14H18O4/c1-3-4-5-10-14(16)18-13-9-7-6-8-12(13)17-11(2)15/h6-9H,3-5,10H2,1-2H3. The Kier molecular flexibility index (Phi) is 5.91. The molecule has 0 unspecified atom stereocenters. The molecule has 0 N–H and O–H groups in total. The van der Waals surface area contributed by atoms with Crippen molar-refractivity contribution in [3.05, 3.63) is 24.3 Å². The van der Waals surface area contributed by atoms with E-state index in [9.17, 15) is 9.59 Å². The highest BCUT2D eigenvalue weighted by molar-refractivity contribution is 5.75. The first-order valence-corrected chi connectivity index (χ1v) is 6.11. The maximum Gasteiger partial charge on any atom is 0.311 e. The molecule has 0 saturated heterocycles. The lowest BCUT2D eigenvalue weighted by Gasteiger charge is -2.08. The zero-order valence-corrected chi connectivity index (χ0v) is 10.8. The molecule has 0 aliphatic heterocycles. The summed E-state index contributed by atoms with van der Waals surface area (Å²) >= 11 is 0. The molecule has 0 atom stereocenters. The lowest BCUT2D eigenvalue weighted by molar-refractivity contribution is -0.136. The molecule has 0 spiro atoms. The van der Waals surface area contributed by atoms with Gasteiger partial charge in [-0.25, -0.2) is 0 Å². The highest BCUT2D eigenvalue weighted by Gasteiger charge is 2.10. The van der Waals surface area contributed by atoms with E-state index >= 15 is 0 Å². The molecule has 4 nitrogen and oxygen atoms in total. The van der Waals surface area contributed by atoms with Crippen molar-refractivity contribution in [2.24, 2.45) is 0 Å². The molecule has 1 rings (SSSR count). The van der Waals surface area contributed by atoms with Crippen LogP contribution in [-0.4, -0.2) is 11.9 Å². The smallest absolute Gasteiger partial charge is 0.311 e. The first-order valence-electron chi connectivity index (χ1n) is 6.11. The zero-order valence-electron chi connectivity index (χ0n) is 10.8. The Bertz CT molecular complexity index is 412. The highest BCUT2D eigenvalue weighted by Crippen LogP contribution is 2.27. The fraction of sp³-hybridized carbons (Fsp3) is 0.429. The van der Waals surface area contributed by atoms with Crippen LogP contribution in [0.15, 0.2) is 24.3 Å². The van der Waals surface area contributed by atoms with Crippen molar-refractivity contribution in [1.82, 2.24) is 0 Å². The second-order valence-electron chi connectivity index (χ2n) is 3.97. The van der Waals surface area contributed by atoms with Gasteiger partial charge in [-0.05, 0) is 18.6 Å². The van der Waals surface area contributed by atoms with Crippen molar-refractivity contribution < 1.29 is 19.1 Å². The number of hydrogen-bond donors (Lipinski definition) is 0. The molecule has 0 aliphatic carbocycles. The molecule has 1 aromatic rings. The number of unbranched alkanes of at least 4 members (excludes halogenated alkanes) is 2. The fourth-order valence-electron chi connectivity index (χ4n) is 1.47. The Morgan fingerprint density at radius 1 is 1.06 bits per heavy atom. The molecule has 4 heteroatoms. The van der Waals surface area contributed by atoms with Crippen molar-refractivity contribution in [3.63, 3.8) is 0 Å². The number of benzene rings is 1. The van der Waals surface area contributed by atoms with Gasteiger partial charge in [-0.1, -0.05) is 31.9 Å². The zero-order chi connectivity index (χ0) is 13.4. The van der Waals surface area contributed by atoms with Gasteiger partial charge in [0.05, 0.1) is 0 Å². The quantitative estimate of drug-likeness (QED) is 0.442. The summed E-state index contributed by atoms with van der Waals surface area (Å²) < 4.78 is 10.1. The van der Waals surface area contributed by atoms with Crippen LogP contribution in [0.4, 0.5) is 0 Å². The number of carbonyl (C=O) groups excluding carboxylic acids is 2. The van der Waals surface area contributed by atoms with Crippen molar-refractivity contribution >= 4 is 11.9 Å². The minimum absolute atomic E-state index is 0.272. The molecule has 0 heterocycles. The van der Waals surface area contributed by atoms with Crippen LogP contribution in [0.3, 0.4) is 0 Å². The van der Waals surface area contributed by atoms with Crippen LogP contribution < -0.4 is 9.47 Å². The molecule has 98 valence electrons. The summed E-state index contributed by atoms with van der Waals surface area (Å²) in [5, 5.41) is 0. The minimum Gasteiger partial charge on any atom is -0.423 e. The second kappa shape index (κ2) is 7.48. The van der Waals surface area contributed by atoms with Gasteiger partial charge in [0.15, 0.2) is 11.5 Å². The largest absolute Gasteiger partial charge is 0.423 e. The van der Waals surface area contributed by atoms with E-state index in [1.807, 2.05) is 0 Å². The van der Waals surface area contributed by atoms with E-state index in [0.29, 0.717) is 6.42 Å². The Hall–Kier alpha value is -1.84. The number of hydrogen-bond acceptors (Lipinski definition) is 4. The van der Waals surface area contributed by atoms with Crippen LogP contribution in [-0.2, 0) is 9.59 Å². The third-order valence-electron chi connectivity index (χ3n) is 2.31. The van der Waals surface area contributed by atoms with Crippen molar-refractivity contribution in [1.29, 1.82) is 0 Å². The van der Waals surface area contributed by atoms with Crippen LogP contribution in [0.2, 0.25) is 0 Å². The average molecular weight is 250 g/mol. The summed E-state index contributed by atoms with van der Waals surface area (Å²) in [6.07, 6.45) is 3.24. The van der Waals surface area contributed by atoms with Crippen LogP contribution in [0.1, 0.15) is 39.5 Å². The van der Waals surface area contributed by atoms with Crippen LogP contribution in [0.25, 0.3) is 0 Å². The van der Waals surface area contributed by atoms with Crippen molar-refractivity contribution in [3.8, 4) is 11.5 Å². The van der Waals surface area contributed by atoms with Crippen molar-refractivity contribution in [2.75, 3.05) is 0 Å². The summed E-state index contributed by atoms with van der Waals surface area (Å²) in [4.78, 5) is 22.5. The van der Waals surface area contributed by atoms with E-state index in [1.165, 1.54) is 6.92 Å². The molecular formula is C14H18O4. The van der Waals surface area contributed by atoms with Gasteiger partial charge < -0.3 is 9.47 Å². The van der Waals surface area contributed by atoms with E-state index in [0.717, 1.165) is 19.3 Å². The predicted molar refractivity (Wildman–Crippen MR) is 67.5 cm³/mol. The van der Waals surface area contributed by atoms with Gasteiger partial charge in [0.25, 0.3) is 0 Å². The number of para-hydroxylation sites is 2. The predicted octanol–water partition coefficient (Wildman–Crippen LogP) is 3.10. The summed E-state index contributed by atoms with van der Waals surface area (Å²) in [5.41, 5.74) is 0. The number of ether oxygens (including phenoxy) is 2. The Morgan fingerprint density at radius 2 is 1.67 bits per heavy atom. The summed E-state index contributed by atoms with van der Waals surface area (Å²) in [6.45, 7) is 3.38. The van der Waals surface area contributed by atoms with Gasteiger partial charge >= 0.3 is 11.9 Å². The molecular weight excluding hydrogens is 232 g/mol. The summed E-state index contributed by atoms with van der Waals surface area (Å²) in [6, 6.07) is 6.64. The summed E-state index contributed by atoms with van der Waals surface area (Å²) in [7, 11) is 0. The van der Waals surface area contributed by atoms with Crippen LogP contribution >= 0.6 is 0 Å². The number of rotatable bonds is 6. The number of carbonyl (C=O) groups is 2. The Balaban J connectivity index is 2.60. The SMILES string of the molecule is CCCCCC(=O)Oc1ccccc1OC(C)=O. The molecule has 0 saturated carbocycles. The fourth-order valence-corrected chi connectivity index (χ4v) is 1.47. The monoisotopic (exact) mass is 250 g/mol. The highest BCUT2D eigenvalue weighted by atomic mass is 16.6. The van der Waals surface area contributed by atoms with Gasteiger partial charge in [0, 0.05) is 13.3 Å². The third kappa shape index (κ3) is 4.99. The summed E-state index contributed by atoms with van der Waals surface area (Å²) in [5.74, 6) is -0.185. The van der Waals surface area contributed by atoms with E-state index in [4.69, 9.17) is 9.47 Å². The molecule has 0 aliphatic rings. The molecule has 0 amide bonds.